The van der Waals surface area contributed by atoms with Gasteiger partial charge in [0.15, 0.2) is 0 Å². The Morgan fingerprint density at radius 1 is 0.271 bits per heavy atom. The van der Waals surface area contributed by atoms with E-state index in [1.807, 2.05) is 125 Å². The van der Waals surface area contributed by atoms with Crippen molar-refractivity contribution in [2.24, 2.45) is 101 Å². The van der Waals surface area contributed by atoms with Crippen molar-refractivity contribution in [3.63, 3.8) is 0 Å². The molecule has 0 aromatic carbocycles. The molecule has 0 radical (unpaired) electrons. The van der Waals surface area contributed by atoms with Gasteiger partial charge in [0.2, 0.25) is 0 Å². The van der Waals surface area contributed by atoms with Crippen LogP contribution in [-0.2, 0) is 52.5 Å². The number of carbonyl (C=O) groups is 7. The summed E-state index contributed by atoms with van der Waals surface area (Å²) in [7, 11) is 0. The van der Waals surface area contributed by atoms with Gasteiger partial charge in [-0.3, -0.25) is 33.6 Å². The third kappa shape index (κ3) is 31.0. The molecule has 11 heteroatoms. The maximum atomic E-state index is 11.6. The summed E-state index contributed by atoms with van der Waals surface area (Å²) in [6.45, 7) is 37.9. The van der Waals surface area contributed by atoms with E-state index in [0.29, 0.717) is 74.2 Å². The normalized spacial score (nSPS) is 34.8. The molecule has 0 N–H and O–H groups in total. The molecule has 8 unspecified atom stereocenters. The Morgan fingerprint density at radius 2 is 0.615 bits per heavy atom. The predicted molar refractivity (Wildman–Crippen MR) is 399 cm³/mol. The topological polar surface area (TPSA) is 156 Å². The Bertz CT molecular complexity index is 1860. The molecule has 0 amide bonds. The highest BCUT2D eigenvalue weighted by Gasteiger charge is 2.59. The van der Waals surface area contributed by atoms with Crippen LogP contribution >= 0.6 is 0 Å². The van der Waals surface area contributed by atoms with Crippen molar-refractivity contribution < 1.29 is 52.5 Å². The molecule has 562 valence electrons. The number of ketones is 3. The fourth-order valence-electron chi connectivity index (χ4n) is 19.7. The first kappa shape index (κ1) is 90.9. The SMILES string of the molecule is C1C2CC3CC1CC(C2)C3.C1CC2CC1C1C3CCC(C3)C21.CC.CC.CC.CC.CC.CC.CC.CC.CC.O=C1C2CC3CC(C2)CC1C3.O=C1CC2CCC1C2.O=C1CCCCC1.O=C1CCCCCO1.O=C1CCCCO1.O=C1CCCO1.O=C1OC2CCCC1C2. The number of hydrogen-bond donors (Lipinski definition) is 0. The molecular formula is C85H156O11. The van der Waals surface area contributed by atoms with Gasteiger partial charge >= 0.3 is 23.9 Å². The Morgan fingerprint density at radius 3 is 0.917 bits per heavy atom. The second-order valence-corrected chi connectivity index (χ2v) is 28.5. The Balaban J connectivity index is 0.000000527. The Kier molecular flexibility index (Phi) is 51.7. The smallest absolute Gasteiger partial charge is 0.309 e. The van der Waals surface area contributed by atoms with E-state index in [-0.39, 0.29) is 35.9 Å². The van der Waals surface area contributed by atoms with E-state index < -0.39 is 0 Å². The van der Waals surface area contributed by atoms with Crippen molar-refractivity contribution >= 4 is 41.2 Å². The van der Waals surface area contributed by atoms with Gasteiger partial charge in [-0.2, -0.15) is 0 Å². The highest BCUT2D eigenvalue weighted by Crippen LogP contribution is 2.67. The molecule has 16 saturated carbocycles. The number of ether oxygens (including phenoxy) is 4. The number of cyclic esters (lactones) is 3. The van der Waals surface area contributed by atoms with Crippen LogP contribution in [0.25, 0.3) is 0 Å². The largest absolute Gasteiger partial charge is 0.466 e. The number of fused-ring (bicyclic) bond motifs is 13. The van der Waals surface area contributed by atoms with Crippen molar-refractivity contribution in [2.75, 3.05) is 19.8 Å². The molecule has 11 nitrogen and oxygen atoms in total. The third-order valence-corrected chi connectivity index (χ3v) is 22.8. The van der Waals surface area contributed by atoms with Crippen molar-refractivity contribution in [1.29, 1.82) is 0 Å². The van der Waals surface area contributed by atoms with Gasteiger partial charge in [-0.25, -0.2) is 0 Å². The summed E-state index contributed by atoms with van der Waals surface area (Å²) in [4.78, 5) is 74.4. The van der Waals surface area contributed by atoms with Gasteiger partial charge < -0.3 is 18.9 Å². The van der Waals surface area contributed by atoms with Crippen LogP contribution in [0.1, 0.15) is 375 Å². The lowest BCUT2D eigenvalue weighted by Gasteiger charge is -2.49. The summed E-state index contributed by atoms with van der Waals surface area (Å²) >= 11 is 0. The Labute approximate surface area is 592 Å². The van der Waals surface area contributed by atoms with Crippen LogP contribution in [0.4, 0.5) is 0 Å². The summed E-state index contributed by atoms with van der Waals surface area (Å²) in [5.41, 5.74) is 0. The zero-order chi connectivity index (χ0) is 72.0. The maximum absolute atomic E-state index is 11.6. The molecular weight excluding hydrogens is 1200 g/mol. The molecule has 4 aliphatic heterocycles. The molecule has 16 bridgehead atoms. The van der Waals surface area contributed by atoms with E-state index in [9.17, 15) is 33.6 Å². The molecule has 20 rings (SSSR count). The third-order valence-electron chi connectivity index (χ3n) is 22.8. The zero-order valence-corrected chi connectivity index (χ0v) is 66.1. The molecule has 0 aromatic rings. The van der Waals surface area contributed by atoms with Gasteiger partial charge in [0, 0.05) is 56.3 Å². The van der Waals surface area contributed by atoms with Crippen LogP contribution in [0, 0.1) is 101 Å². The van der Waals surface area contributed by atoms with Crippen LogP contribution in [0.3, 0.4) is 0 Å². The van der Waals surface area contributed by atoms with E-state index in [1.165, 1.54) is 123 Å². The van der Waals surface area contributed by atoms with Crippen LogP contribution in [0.15, 0.2) is 0 Å². The lowest BCUT2D eigenvalue weighted by molar-refractivity contribution is -0.147. The fourth-order valence-corrected chi connectivity index (χ4v) is 19.7. The van der Waals surface area contributed by atoms with Gasteiger partial charge in [-0.15, -0.1) is 0 Å². The van der Waals surface area contributed by atoms with Crippen LogP contribution in [-0.4, -0.2) is 67.2 Å². The van der Waals surface area contributed by atoms with E-state index >= 15 is 0 Å². The summed E-state index contributed by atoms with van der Waals surface area (Å²) < 4.78 is 19.0. The number of Topliss-reactive ketones (excluding diaryl/α,β-unsaturated/α-hetero) is 3. The van der Waals surface area contributed by atoms with Gasteiger partial charge in [-0.1, -0.05) is 131 Å². The molecule has 0 aromatic heterocycles. The van der Waals surface area contributed by atoms with E-state index in [4.69, 9.17) is 9.47 Å². The monoisotopic (exact) mass is 1350 g/mol. The lowest BCUT2D eigenvalue weighted by atomic mass is 9.56. The second-order valence-electron chi connectivity index (χ2n) is 28.5. The maximum Gasteiger partial charge on any atom is 0.309 e. The molecule has 20 fully saturated rings. The average molecular weight is 1350 g/mol. The standard InChI is InChI=1S/C12H18.C10H14O.C10H16.C7H10O2.C7H10O.C6H10O2.C6H10O.C5H8O2.C4H6O2.9C2H6/c1-2-8-5-7(1)11-9-3-4-10(6-9)12(8)11;11-10-8-2-6-1-7(4-8)5-9(10)3-6;1-7-2-9-4-8(1)5-10(3-7)6-9;8-7-5-2-1-3-6(4-5)9-7;8-7-4-5-1-2-6(7)3-5;7-6-4-2-1-3-5-8-6;7-6-4-2-1-3-5-6;6-5-3-1-2-4-7-5;5-4-2-1-3-6-4;9*1-2/h7-12H,1-6H2;6-9H,1-5H2;7-10H,1-6H2;5-6H,1-4H2;5-6H,1-4H2;1-5H2;1-5H2;1-4H2;1-3H2;9*1-2H3. The molecule has 96 heavy (non-hydrogen) atoms. The van der Waals surface area contributed by atoms with E-state index in [2.05, 4.69) is 9.47 Å². The first-order valence-corrected chi connectivity index (χ1v) is 42.2. The van der Waals surface area contributed by atoms with Gasteiger partial charge in [-0.05, 0) is 282 Å². The summed E-state index contributed by atoms with van der Waals surface area (Å²) in [5, 5.41) is 0. The van der Waals surface area contributed by atoms with Crippen molar-refractivity contribution in [1.82, 2.24) is 0 Å². The highest BCUT2D eigenvalue weighted by molar-refractivity contribution is 5.85. The average Bonchev–Trinajstić information content (AvgIpc) is 1.57. The van der Waals surface area contributed by atoms with Gasteiger partial charge in [0.05, 0.1) is 25.7 Å². The van der Waals surface area contributed by atoms with Crippen molar-refractivity contribution in [3.8, 4) is 0 Å². The molecule has 4 saturated heterocycles. The molecule has 20 aliphatic rings. The molecule has 8 atom stereocenters. The number of esters is 4. The summed E-state index contributed by atoms with van der Waals surface area (Å²) in [6, 6.07) is 0. The summed E-state index contributed by atoms with van der Waals surface area (Å²) in [5.74, 6) is 18.0. The Hall–Kier alpha value is -3.11. The first-order valence-electron chi connectivity index (χ1n) is 42.2. The van der Waals surface area contributed by atoms with Crippen molar-refractivity contribution in [2.45, 2.75) is 381 Å². The predicted octanol–water partition coefficient (Wildman–Crippen LogP) is 23.3. The quantitative estimate of drug-likeness (QED) is 0.129. The van der Waals surface area contributed by atoms with Gasteiger partial charge in [0.1, 0.15) is 23.5 Å². The summed E-state index contributed by atoms with van der Waals surface area (Å²) in [6.07, 6.45) is 48.3. The number of hydrogen-bond acceptors (Lipinski definition) is 11. The molecule has 16 aliphatic carbocycles. The highest BCUT2D eigenvalue weighted by atomic mass is 16.6. The number of carbonyl (C=O) groups excluding carboxylic acids is 7. The molecule has 0 spiro atoms. The lowest BCUT2D eigenvalue weighted by Crippen LogP contribution is -2.45. The number of rotatable bonds is 0. The molecule has 4 heterocycles. The van der Waals surface area contributed by atoms with Crippen LogP contribution in [0.5, 0.6) is 0 Å². The first-order chi connectivity index (χ1) is 47.0. The van der Waals surface area contributed by atoms with E-state index in [1.54, 1.807) is 77.0 Å². The second kappa shape index (κ2) is 54.6. The van der Waals surface area contributed by atoms with Crippen LogP contribution in [0.2, 0.25) is 0 Å². The van der Waals surface area contributed by atoms with Gasteiger partial charge in [0.25, 0.3) is 0 Å². The zero-order valence-electron chi connectivity index (χ0n) is 66.1. The minimum absolute atomic E-state index is 0.0255. The van der Waals surface area contributed by atoms with E-state index in [0.717, 1.165) is 108 Å². The van der Waals surface area contributed by atoms with Crippen molar-refractivity contribution in [3.05, 3.63) is 0 Å². The fraction of sp³-hybridized carbons (Fsp3) is 0.918. The minimum Gasteiger partial charge on any atom is -0.466 e. The minimum atomic E-state index is -0.0463. The van der Waals surface area contributed by atoms with Crippen LogP contribution < -0.4 is 0 Å².